The minimum atomic E-state index is -0.902. The van der Waals surface area contributed by atoms with Crippen molar-refractivity contribution >= 4 is 27.5 Å². The average Bonchev–Trinajstić information content (AvgIpc) is 2.19. The molecule has 0 aromatic heterocycles. The number of benzene rings is 1. The molecule has 0 spiro atoms. The molecule has 0 saturated carbocycles. The number of nitrogens with one attached hydrogen (secondary N) is 1. The van der Waals surface area contributed by atoms with Gasteiger partial charge in [0.2, 0.25) is 5.91 Å². The molecule has 1 amide bonds. The van der Waals surface area contributed by atoms with E-state index in [0.717, 1.165) is 4.47 Å². The fraction of sp³-hybridized carbons (Fsp3) is 0.364. The van der Waals surface area contributed by atoms with Crippen molar-refractivity contribution in [3.05, 3.63) is 22.7 Å². The van der Waals surface area contributed by atoms with Crippen LogP contribution in [0.1, 0.15) is 13.8 Å². The van der Waals surface area contributed by atoms with Gasteiger partial charge in [0.1, 0.15) is 5.75 Å². The summed E-state index contributed by atoms with van der Waals surface area (Å²) in [6, 6.07) is 5.31. The maximum Gasteiger partial charge on any atom is 0.243 e. The first-order chi connectivity index (χ1) is 7.34. The van der Waals surface area contributed by atoms with Gasteiger partial charge < -0.3 is 15.8 Å². The van der Waals surface area contributed by atoms with E-state index in [1.807, 2.05) is 0 Å². The molecule has 16 heavy (non-hydrogen) atoms. The van der Waals surface area contributed by atoms with Crippen LogP contribution in [0.4, 0.5) is 5.69 Å². The van der Waals surface area contributed by atoms with Crippen LogP contribution in [0.5, 0.6) is 5.75 Å². The molecular formula is C11H15BrN2O2. The fourth-order valence-electron chi connectivity index (χ4n) is 1.03. The summed E-state index contributed by atoms with van der Waals surface area (Å²) in [5.74, 6) is 0.421. The number of carbonyl (C=O) groups is 1. The van der Waals surface area contributed by atoms with Crippen LogP contribution in [0.25, 0.3) is 0 Å². The summed E-state index contributed by atoms with van der Waals surface area (Å²) in [5, 5.41) is 2.72. The molecule has 88 valence electrons. The Kier molecular flexibility index (Phi) is 3.93. The third-order valence-electron chi connectivity index (χ3n) is 1.99. The second-order valence-corrected chi connectivity index (χ2v) is 4.88. The highest BCUT2D eigenvalue weighted by molar-refractivity contribution is 9.10. The largest absolute Gasteiger partial charge is 0.495 e. The number of anilines is 1. The fourth-order valence-corrected chi connectivity index (χ4v) is 1.44. The molecule has 4 nitrogen and oxygen atoms in total. The number of halogens is 1. The van der Waals surface area contributed by atoms with Crippen LogP contribution in [-0.4, -0.2) is 18.6 Å². The van der Waals surface area contributed by atoms with Crippen molar-refractivity contribution in [3.63, 3.8) is 0 Å². The van der Waals surface area contributed by atoms with E-state index in [2.05, 4.69) is 21.2 Å². The van der Waals surface area contributed by atoms with Crippen molar-refractivity contribution in [2.75, 3.05) is 12.4 Å². The topological polar surface area (TPSA) is 64.3 Å². The third-order valence-corrected chi connectivity index (χ3v) is 2.65. The van der Waals surface area contributed by atoms with Crippen molar-refractivity contribution < 1.29 is 9.53 Å². The first kappa shape index (κ1) is 13.0. The lowest BCUT2D eigenvalue weighted by atomic mass is 10.1. The molecule has 0 bridgehead atoms. The van der Waals surface area contributed by atoms with Gasteiger partial charge in [-0.15, -0.1) is 0 Å². The molecule has 1 rings (SSSR count). The van der Waals surface area contributed by atoms with Gasteiger partial charge in [0, 0.05) is 11.8 Å². The Morgan fingerprint density at radius 1 is 1.50 bits per heavy atom. The lowest BCUT2D eigenvalue weighted by molar-refractivity contribution is -0.120. The van der Waals surface area contributed by atoms with E-state index in [0.29, 0.717) is 11.4 Å². The Morgan fingerprint density at radius 3 is 2.62 bits per heavy atom. The average molecular weight is 287 g/mol. The summed E-state index contributed by atoms with van der Waals surface area (Å²) < 4.78 is 5.96. The third kappa shape index (κ3) is 3.21. The molecule has 0 atom stereocenters. The van der Waals surface area contributed by atoms with Crippen LogP contribution < -0.4 is 15.8 Å². The minimum Gasteiger partial charge on any atom is -0.495 e. The summed E-state index contributed by atoms with van der Waals surface area (Å²) in [6.45, 7) is 3.30. The van der Waals surface area contributed by atoms with E-state index in [1.165, 1.54) is 0 Å². The summed E-state index contributed by atoms with van der Waals surface area (Å²) >= 11 is 3.33. The molecule has 0 saturated heterocycles. The highest BCUT2D eigenvalue weighted by Crippen LogP contribution is 2.28. The number of nitrogens with two attached hydrogens (primary N) is 1. The molecule has 5 heteroatoms. The van der Waals surface area contributed by atoms with Crippen LogP contribution in [-0.2, 0) is 4.79 Å². The van der Waals surface area contributed by atoms with Crippen LogP contribution >= 0.6 is 15.9 Å². The Hall–Kier alpha value is -1.07. The number of methoxy groups -OCH3 is 1. The smallest absolute Gasteiger partial charge is 0.243 e. The highest BCUT2D eigenvalue weighted by atomic mass is 79.9. The van der Waals surface area contributed by atoms with Gasteiger partial charge >= 0.3 is 0 Å². The van der Waals surface area contributed by atoms with E-state index in [-0.39, 0.29) is 5.91 Å². The molecule has 0 aliphatic rings. The summed E-state index contributed by atoms with van der Waals surface area (Å²) in [4.78, 5) is 11.6. The standard InChI is InChI=1S/C11H15BrN2O2/c1-11(2,13)10(15)14-7-4-5-8(12)9(6-7)16-3/h4-6H,13H2,1-3H3,(H,14,15). The van der Waals surface area contributed by atoms with Gasteiger partial charge in [0.05, 0.1) is 17.1 Å². The van der Waals surface area contributed by atoms with Crippen LogP contribution in [0, 0.1) is 0 Å². The van der Waals surface area contributed by atoms with Crippen molar-refractivity contribution in [1.29, 1.82) is 0 Å². The minimum absolute atomic E-state index is 0.239. The van der Waals surface area contributed by atoms with Crippen LogP contribution in [0.15, 0.2) is 22.7 Å². The first-order valence-electron chi connectivity index (χ1n) is 4.78. The number of hydrogen-bond donors (Lipinski definition) is 2. The Labute approximate surface area is 103 Å². The van der Waals surface area contributed by atoms with Crippen molar-refractivity contribution in [1.82, 2.24) is 0 Å². The Bertz CT molecular complexity index is 399. The SMILES string of the molecule is COc1cc(NC(=O)C(C)(C)N)ccc1Br. The maximum atomic E-state index is 11.6. The second-order valence-electron chi connectivity index (χ2n) is 4.03. The zero-order valence-corrected chi connectivity index (χ0v) is 11.1. The van der Waals surface area contributed by atoms with Crippen LogP contribution in [0.3, 0.4) is 0 Å². The highest BCUT2D eigenvalue weighted by Gasteiger charge is 2.21. The number of amides is 1. The molecule has 0 heterocycles. The lowest BCUT2D eigenvalue weighted by Crippen LogP contribution is -2.45. The molecule has 0 aliphatic carbocycles. The number of ether oxygens (including phenoxy) is 1. The number of rotatable bonds is 3. The summed E-state index contributed by atoms with van der Waals surface area (Å²) in [5.41, 5.74) is 5.43. The van der Waals surface area contributed by atoms with E-state index in [9.17, 15) is 4.79 Å². The molecule has 1 aromatic rings. The van der Waals surface area contributed by atoms with Gasteiger partial charge in [-0.3, -0.25) is 4.79 Å². The quantitative estimate of drug-likeness (QED) is 0.895. The van der Waals surface area contributed by atoms with E-state index < -0.39 is 5.54 Å². The molecular weight excluding hydrogens is 272 g/mol. The van der Waals surface area contributed by atoms with Gasteiger partial charge in [0.15, 0.2) is 0 Å². The van der Waals surface area contributed by atoms with Gasteiger partial charge in [0.25, 0.3) is 0 Å². The van der Waals surface area contributed by atoms with E-state index in [1.54, 1.807) is 39.2 Å². The number of carbonyl (C=O) groups excluding carboxylic acids is 1. The van der Waals surface area contributed by atoms with Crippen molar-refractivity contribution in [2.45, 2.75) is 19.4 Å². The molecule has 1 aromatic carbocycles. The predicted molar refractivity (Wildman–Crippen MR) is 67.6 cm³/mol. The summed E-state index contributed by atoms with van der Waals surface area (Å²) in [7, 11) is 1.57. The molecule has 0 unspecified atom stereocenters. The molecule has 0 aliphatic heterocycles. The van der Waals surface area contributed by atoms with E-state index in [4.69, 9.17) is 10.5 Å². The number of hydrogen-bond acceptors (Lipinski definition) is 3. The molecule has 0 fully saturated rings. The first-order valence-corrected chi connectivity index (χ1v) is 5.58. The monoisotopic (exact) mass is 286 g/mol. The summed E-state index contributed by atoms with van der Waals surface area (Å²) in [6.07, 6.45) is 0. The second kappa shape index (κ2) is 4.84. The van der Waals surface area contributed by atoms with Gasteiger partial charge in [-0.1, -0.05) is 0 Å². The predicted octanol–water partition coefficient (Wildman–Crippen LogP) is 2.13. The van der Waals surface area contributed by atoms with Gasteiger partial charge in [-0.25, -0.2) is 0 Å². The van der Waals surface area contributed by atoms with E-state index >= 15 is 0 Å². The van der Waals surface area contributed by atoms with Gasteiger partial charge in [-0.2, -0.15) is 0 Å². The normalized spacial score (nSPS) is 11.1. The molecule has 3 N–H and O–H groups in total. The van der Waals surface area contributed by atoms with Gasteiger partial charge in [-0.05, 0) is 41.9 Å². The van der Waals surface area contributed by atoms with Crippen molar-refractivity contribution in [3.8, 4) is 5.75 Å². The zero-order valence-electron chi connectivity index (χ0n) is 9.50. The lowest BCUT2D eigenvalue weighted by Gasteiger charge is -2.18. The van der Waals surface area contributed by atoms with Crippen LogP contribution in [0.2, 0.25) is 0 Å². The van der Waals surface area contributed by atoms with Crippen molar-refractivity contribution in [2.24, 2.45) is 5.73 Å². The Morgan fingerprint density at radius 2 is 2.12 bits per heavy atom. The Balaban J connectivity index is 2.87. The molecule has 0 radical (unpaired) electrons. The zero-order chi connectivity index (χ0) is 12.3. The maximum absolute atomic E-state index is 11.6.